The van der Waals surface area contributed by atoms with Gasteiger partial charge in [-0.05, 0) is 30.2 Å². The lowest BCUT2D eigenvalue weighted by atomic mass is 10.1. The largest absolute Gasteiger partial charge is 0.380 e. The molecule has 3 N–H and O–H groups in total. The van der Waals surface area contributed by atoms with E-state index in [1.807, 2.05) is 31.2 Å². The van der Waals surface area contributed by atoms with Crippen LogP contribution in [0.15, 0.2) is 40.9 Å². The van der Waals surface area contributed by atoms with Crippen LogP contribution in [0, 0.1) is 12.7 Å². The summed E-state index contributed by atoms with van der Waals surface area (Å²) in [7, 11) is 0. The maximum atomic E-state index is 13.8. The standard InChI is InChI=1S/C15H14BrFN2O/c1-9-4-2-3-5-10(9)8-19-13-7-11(16)6-12(17)14(13)15(18)20/h2-7,19H,8H2,1H3,(H2,18,20). The highest BCUT2D eigenvalue weighted by molar-refractivity contribution is 9.10. The molecule has 0 unspecified atom stereocenters. The van der Waals surface area contributed by atoms with Gasteiger partial charge >= 0.3 is 0 Å². The number of halogens is 2. The predicted octanol–water partition coefficient (Wildman–Crippen LogP) is 3.61. The Morgan fingerprint density at radius 2 is 2.05 bits per heavy atom. The van der Waals surface area contributed by atoms with Crippen LogP contribution in [0.25, 0.3) is 0 Å². The van der Waals surface area contributed by atoms with Crippen LogP contribution < -0.4 is 11.1 Å². The van der Waals surface area contributed by atoms with Gasteiger partial charge in [-0.3, -0.25) is 4.79 Å². The molecule has 2 aromatic rings. The number of benzene rings is 2. The summed E-state index contributed by atoms with van der Waals surface area (Å²) in [6, 6.07) is 10.7. The van der Waals surface area contributed by atoms with Gasteiger partial charge in [0, 0.05) is 11.0 Å². The zero-order chi connectivity index (χ0) is 14.7. The van der Waals surface area contributed by atoms with E-state index in [4.69, 9.17) is 5.73 Å². The fourth-order valence-electron chi connectivity index (χ4n) is 1.96. The van der Waals surface area contributed by atoms with Crippen molar-refractivity contribution in [2.45, 2.75) is 13.5 Å². The zero-order valence-corrected chi connectivity index (χ0v) is 12.5. The highest BCUT2D eigenvalue weighted by atomic mass is 79.9. The molecule has 0 bridgehead atoms. The Morgan fingerprint density at radius 1 is 1.35 bits per heavy atom. The van der Waals surface area contributed by atoms with E-state index >= 15 is 0 Å². The first-order valence-electron chi connectivity index (χ1n) is 6.06. The molecule has 0 aromatic heterocycles. The van der Waals surface area contributed by atoms with Crippen molar-refractivity contribution in [3.05, 3.63) is 63.4 Å². The van der Waals surface area contributed by atoms with Crippen LogP contribution >= 0.6 is 15.9 Å². The van der Waals surface area contributed by atoms with E-state index in [1.165, 1.54) is 6.07 Å². The summed E-state index contributed by atoms with van der Waals surface area (Å²) >= 11 is 3.20. The first kappa shape index (κ1) is 14.5. The second-order valence-electron chi connectivity index (χ2n) is 4.45. The summed E-state index contributed by atoms with van der Waals surface area (Å²) in [4.78, 5) is 11.4. The summed E-state index contributed by atoms with van der Waals surface area (Å²) in [5.41, 5.74) is 7.68. The van der Waals surface area contributed by atoms with Crippen molar-refractivity contribution in [2.24, 2.45) is 5.73 Å². The molecule has 0 fully saturated rings. The average molecular weight is 337 g/mol. The zero-order valence-electron chi connectivity index (χ0n) is 10.9. The lowest BCUT2D eigenvalue weighted by Gasteiger charge is -2.13. The van der Waals surface area contributed by atoms with E-state index in [0.29, 0.717) is 16.7 Å². The molecule has 1 amide bonds. The van der Waals surface area contributed by atoms with Crippen molar-refractivity contribution in [3.63, 3.8) is 0 Å². The van der Waals surface area contributed by atoms with Gasteiger partial charge in [0.1, 0.15) is 5.82 Å². The second kappa shape index (κ2) is 6.05. The van der Waals surface area contributed by atoms with Gasteiger partial charge in [0.15, 0.2) is 0 Å². The third-order valence-electron chi connectivity index (χ3n) is 3.03. The SMILES string of the molecule is Cc1ccccc1CNc1cc(Br)cc(F)c1C(N)=O. The molecule has 2 aromatic carbocycles. The molecule has 0 spiro atoms. The molecule has 0 heterocycles. The van der Waals surface area contributed by atoms with Gasteiger partial charge in [-0.2, -0.15) is 0 Å². The molecule has 0 radical (unpaired) electrons. The van der Waals surface area contributed by atoms with Crippen molar-refractivity contribution in [1.82, 2.24) is 0 Å². The van der Waals surface area contributed by atoms with Crippen molar-refractivity contribution in [3.8, 4) is 0 Å². The minimum absolute atomic E-state index is 0.123. The number of carbonyl (C=O) groups excluding carboxylic acids is 1. The monoisotopic (exact) mass is 336 g/mol. The van der Waals surface area contributed by atoms with Gasteiger partial charge in [-0.15, -0.1) is 0 Å². The van der Waals surface area contributed by atoms with Crippen molar-refractivity contribution in [2.75, 3.05) is 5.32 Å². The molecular formula is C15H14BrFN2O. The molecule has 0 aliphatic carbocycles. The number of nitrogens with two attached hydrogens (primary N) is 1. The Labute approximate surface area is 125 Å². The fraction of sp³-hybridized carbons (Fsp3) is 0.133. The Balaban J connectivity index is 2.30. The summed E-state index contributed by atoms with van der Waals surface area (Å²) in [5.74, 6) is -1.43. The first-order valence-corrected chi connectivity index (χ1v) is 6.85. The van der Waals surface area contributed by atoms with Crippen molar-refractivity contribution >= 4 is 27.5 Å². The quantitative estimate of drug-likeness (QED) is 0.896. The molecule has 3 nitrogen and oxygen atoms in total. The normalized spacial score (nSPS) is 10.3. The van der Waals surface area contributed by atoms with Crippen molar-refractivity contribution in [1.29, 1.82) is 0 Å². The Kier molecular flexibility index (Phi) is 4.39. The van der Waals surface area contributed by atoms with Crippen LogP contribution in [0.1, 0.15) is 21.5 Å². The van der Waals surface area contributed by atoms with E-state index < -0.39 is 11.7 Å². The van der Waals surface area contributed by atoms with E-state index in [-0.39, 0.29) is 5.56 Å². The topological polar surface area (TPSA) is 55.1 Å². The number of carbonyl (C=O) groups is 1. The summed E-state index contributed by atoms with van der Waals surface area (Å²) in [5, 5.41) is 3.06. The van der Waals surface area contributed by atoms with Crippen LogP contribution in [-0.2, 0) is 6.54 Å². The third-order valence-corrected chi connectivity index (χ3v) is 3.49. The van der Waals surface area contributed by atoms with E-state index in [0.717, 1.165) is 11.1 Å². The number of anilines is 1. The number of nitrogens with one attached hydrogen (secondary N) is 1. The minimum Gasteiger partial charge on any atom is -0.380 e. The number of primary amides is 1. The van der Waals surface area contributed by atoms with Crippen LogP contribution in [0.3, 0.4) is 0 Å². The number of hydrogen-bond acceptors (Lipinski definition) is 2. The van der Waals surface area contributed by atoms with Crippen LogP contribution in [-0.4, -0.2) is 5.91 Å². The highest BCUT2D eigenvalue weighted by Gasteiger charge is 2.15. The lowest BCUT2D eigenvalue weighted by molar-refractivity contribution is 0.0997. The smallest absolute Gasteiger partial charge is 0.253 e. The summed E-state index contributed by atoms with van der Waals surface area (Å²) in [6.45, 7) is 2.48. The maximum absolute atomic E-state index is 13.8. The molecule has 0 aliphatic heterocycles. The van der Waals surface area contributed by atoms with Gasteiger partial charge < -0.3 is 11.1 Å². The second-order valence-corrected chi connectivity index (χ2v) is 5.37. The molecule has 5 heteroatoms. The van der Waals surface area contributed by atoms with Gasteiger partial charge in [-0.1, -0.05) is 40.2 Å². The van der Waals surface area contributed by atoms with E-state index in [1.54, 1.807) is 6.07 Å². The Hall–Kier alpha value is -1.88. The van der Waals surface area contributed by atoms with Crippen molar-refractivity contribution < 1.29 is 9.18 Å². The third kappa shape index (κ3) is 3.17. The summed E-state index contributed by atoms with van der Waals surface area (Å²) in [6.07, 6.45) is 0. The van der Waals surface area contributed by atoms with Gasteiger partial charge in [0.25, 0.3) is 5.91 Å². The number of rotatable bonds is 4. The summed E-state index contributed by atoms with van der Waals surface area (Å²) < 4.78 is 14.3. The van der Waals surface area contributed by atoms with E-state index in [2.05, 4.69) is 21.2 Å². The highest BCUT2D eigenvalue weighted by Crippen LogP contribution is 2.25. The van der Waals surface area contributed by atoms with Gasteiger partial charge in [0.2, 0.25) is 0 Å². The van der Waals surface area contributed by atoms with E-state index in [9.17, 15) is 9.18 Å². The van der Waals surface area contributed by atoms with Crippen LogP contribution in [0.5, 0.6) is 0 Å². The molecular weight excluding hydrogens is 323 g/mol. The lowest BCUT2D eigenvalue weighted by Crippen LogP contribution is -2.16. The van der Waals surface area contributed by atoms with Crippen LogP contribution in [0.4, 0.5) is 10.1 Å². The average Bonchev–Trinajstić information content (AvgIpc) is 2.36. The molecule has 2 rings (SSSR count). The fourth-order valence-corrected chi connectivity index (χ4v) is 2.39. The molecule has 0 atom stereocenters. The number of aryl methyl sites for hydroxylation is 1. The van der Waals surface area contributed by atoms with Gasteiger partial charge in [-0.25, -0.2) is 4.39 Å². The Bertz CT molecular complexity index is 658. The maximum Gasteiger partial charge on any atom is 0.253 e. The Morgan fingerprint density at radius 3 is 2.70 bits per heavy atom. The minimum atomic E-state index is -0.790. The molecule has 104 valence electrons. The molecule has 20 heavy (non-hydrogen) atoms. The molecule has 0 saturated carbocycles. The molecule has 0 saturated heterocycles. The van der Waals surface area contributed by atoms with Crippen LogP contribution in [0.2, 0.25) is 0 Å². The predicted molar refractivity (Wildman–Crippen MR) is 81.1 cm³/mol. The van der Waals surface area contributed by atoms with Gasteiger partial charge in [0.05, 0.1) is 11.3 Å². The number of hydrogen-bond donors (Lipinski definition) is 2. The first-order chi connectivity index (χ1) is 9.49. The molecule has 0 aliphatic rings. The number of amides is 1.